The smallest absolute Gasteiger partial charge is 0.279 e. The average Bonchev–Trinajstić information content (AvgIpc) is 3.16. The van der Waals surface area contributed by atoms with E-state index in [2.05, 4.69) is 34.9 Å². The zero-order valence-electron chi connectivity index (χ0n) is 18.3. The summed E-state index contributed by atoms with van der Waals surface area (Å²) in [5.41, 5.74) is 3.37. The van der Waals surface area contributed by atoms with Crippen LogP contribution in [0, 0.1) is 10.1 Å². The highest BCUT2D eigenvalue weighted by molar-refractivity contribution is 7.78. The van der Waals surface area contributed by atoms with E-state index >= 15 is 0 Å². The molecule has 0 aliphatic carbocycles. The van der Waals surface area contributed by atoms with Gasteiger partial charge in [-0.25, -0.2) is 4.09 Å². The van der Waals surface area contributed by atoms with Gasteiger partial charge in [-0.15, -0.1) is 0 Å². The molecule has 3 aromatic rings. The number of piperidine rings is 1. The first-order valence-electron chi connectivity index (χ1n) is 10.8. The van der Waals surface area contributed by atoms with Crippen LogP contribution in [0.4, 0.5) is 5.69 Å². The lowest BCUT2D eigenvalue weighted by Gasteiger charge is -2.26. The first kappa shape index (κ1) is 23.9. The maximum Gasteiger partial charge on any atom is 0.279 e. The fourth-order valence-corrected chi connectivity index (χ4v) is 3.87. The van der Waals surface area contributed by atoms with Crippen LogP contribution in [0.5, 0.6) is 0 Å². The minimum absolute atomic E-state index is 0.0726. The Morgan fingerprint density at radius 3 is 2.43 bits per heavy atom. The fourth-order valence-electron chi connectivity index (χ4n) is 3.64. The largest absolute Gasteiger partial charge is 0.299 e. The second kappa shape index (κ2) is 11.7. The van der Waals surface area contributed by atoms with Crippen molar-refractivity contribution in [3.05, 3.63) is 58.3 Å². The molecule has 0 bridgehead atoms. The number of likely N-dealkylation sites (tertiary alicyclic amines) is 1. The van der Waals surface area contributed by atoms with Crippen molar-refractivity contribution in [2.24, 2.45) is 0 Å². The molecule has 0 unspecified atom stereocenters. The lowest BCUT2D eigenvalue weighted by atomic mass is 9.99. The van der Waals surface area contributed by atoms with E-state index in [1.165, 1.54) is 28.9 Å². The van der Waals surface area contributed by atoms with Crippen molar-refractivity contribution >= 4 is 29.4 Å². The first-order chi connectivity index (χ1) is 14.6. The van der Waals surface area contributed by atoms with Gasteiger partial charge in [0.15, 0.2) is 0 Å². The van der Waals surface area contributed by atoms with Crippen LogP contribution < -0.4 is 0 Å². The Labute approximate surface area is 184 Å². The summed E-state index contributed by atoms with van der Waals surface area (Å²) in [6, 6.07) is 11.4. The molecule has 0 radical (unpaired) electrons. The average molecular weight is 429 g/mol. The van der Waals surface area contributed by atoms with Gasteiger partial charge in [0.25, 0.3) is 5.69 Å². The quantitative estimate of drug-likeness (QED) is 0.299. The van der Waals surface area contributed by atoms with Crippen LogP contribution in [-0.4, -0.2) is 32.1 Å². The van der Waals surface area contributed by atoms with Gasteiger partial charge in [0.2, 0.25) is 0 Å². The number of rotatable bonds is 4. The number of hydrogen-bond donors (Lipinski definition) is 1. The van der Waals surface area contributed by atoms with E-state index in [0.717, 1.165) is 30.6 Å². The second-order valence-electron chi connectivity index (χ2n) is 6.76. The van der Waals surface area contributed by atoms with E-state index in [0.29, 0.717) is 11.1 Å². The summed E-state index contributed by atoms with van der Waals surface area (Å²) in [4.78, 5) is 13.7. The summed E-state index contributed by atoms with van der Waals surface area (Å²) >= 11 is 4.21. The molecule has 2 heterocycles. The molecule has 1 fully saturated rings. The van der Waals surface area contributed by atoms with Gasteiger partial charge in [-0.05, 0) is 62.0 Å². The number of nitro benzene ring substituents is 1. The van der Waals surface area contributed by atoms with Crippen molar-refractivity contribution in [2.75, 3.05) is 13.1 Å². The van der Waals surface area contributed by atoms with Crippen molar-refractivity contribution in [3.8, 4) is 11.1 Å². The Hall–Kier alpha value is -2.38. The topological polar surface area (TPSA) is 64.2 Å². The van der Waals surface area contributed by atoms with Crippen LogP contribution in [0.25, 0.3) is 22.0 Å². The molecule has 0 saturated carbocycles. The molecule has 30 heavy (non-hydrogen) atoms. The third kappa shape index (κ3) is 5.61. The van der Waals surface area contributed by atoms with Crippen LogP contribution in [0.15, 0.2) is 42.6 Å². The monoisotopic (exact) mass is 428 g/mol. The predicted molar refractivity (Wildman–Crippen MR) is 128 cm³/mol. The van der Waals surface area contributed by atoms with E-state index in [1.807, 2.05) is 45.9 Å². The summed E-state index contributed by atoms with van der Waals surface area (Å²) in [6.45, 7) is 11.1. The number of hydrogen-bond acceptors (Lipinski definition) is 5. The molecule has 0 N–H and O–H groups in total. The maximum atomic E-state index is 11.6. The van der Waals surface area contributed by atoms with Crippen molar-refractivity contribution in [2.45, 2.75) is 53.5 Å². The summed E-state index contributed by atoms with van der Waals surface area (Å²) in [6.07, 6.45) is 5.47. The van der Waals surface area contributed by atoms with E-state index in [9.17, 15) is 10.1 Å². The van der Waals surface area contributed by atoms with Crippen LogP contribution >= 0.6 is 12.8 Å². The third-order valence-corrected chi connectivity index (χ3v) is 5.27. The molecular weight excluding hydrogens is 396 g/mol. The highest BCUT2D eigenvalue weighted by Gasteiger charge is 2.19. The Kier molecular flexibility index (Phi) is 9.33. The molecule has 7 heteroatoms. The van der Waals surface area contributed by atoms with Crippen LogP contribution in [0.3, 0.4) is 0 Å². The van der Waals surface area contributed by atoms with E-state index in [4.69, 9.17) is 0 Å². The normalized spacial score (nSPS) is 13.8. The molecule has 1 aliphatic rings. The highest BCUT2D eigenvalue weighted by Crippen LogP contribution is 2.34. The molecule has 1 aliphatic heterocycles. The van der Waals surface area contributed by atoms with Crippen LogP contribution in [0.1, 0.15) is 52.5 Å². The van der Waals surface area contributed by atoms with Gasteiger partial charge in [0.05, 0.1) is 22.2 Å². The lowest BCUT2D eigenvalue weighted by molar-refractivity contribution is -0.384. The van der Waals surface area contributed by atoms with Gasteiger partial charge in [0, 0.05) is 18.0 Å². The van der Waals surface area contributed by atoms with Gasteiger partial charge in [-0.3, -0.25) is 15.0 Å². The van der Waals surface area contributed by atoms with Gasteiger partial charge in [0.1, 0.15) is 0 Å². The summed E-state index contributed by atoms with van der Waals surface area (Å²) in [5, 5.41) is 16.5. The molecule has 1 aromatic heterocycles. The molecule has 0 spiro atoms. The van der Waals surface area contributed by atoms with Crippen molar-refractivity contribution in [1.29, 1.82) is 0 Å². The Balaban J connectivity index is 0.000000757. The fraction of sp³-hybridized carbons (Fsp3) is 0.435. The standard InChI is InChI=1S/C19H20N4O2S.2C2H6/c24-23(25)19-11-18-16(12-20-22(18)26)10-17(19)15-6-4-5-14(9-15)13-21-7-2-1-3-8-21;2*1-2/h4-6,9-12,26H,1-3,7-8,13H2;2*1-2H3. The summed E-state index contributed by atoms with van der Waals surface area (Å²) < 4.78 is 1.36. The summed E-state index contributed by atoms with van der Waals surface area (Å²) in [7, 11) is 0. The van der Waals surface area contributed by atoms with Gasteiger partial charge >= 0.3 is 0 Å². The molecular formula is C23H32N4O2S. The number of nitrogens with zero attached hydrogens (tertiary/aromatic N) is 4. The minimum atomic E-state index is -0.340. The first-order valence-corrected chi connectivity index (χ1v) is 11.2. The van der Waals surface area contributed by atoms with E-state index < -0.39 is 0 Å². The predicted octanol–water partition coefficient (Wildman–Crippen LogP) is 6.34. The van der Waals surface area contributed by atoms with Gasteiger partial charge < -0.3 is 0 Å². The zero-order chi connectivity index (χ0) is 22.1. The third-order valence-electron chi connectivity index (χ3n) is 4.96. The lowest BCUT2D eigenvalue weighted by Crippen LogP contribution is -2.29. The summed E-state index contributed by atoms with van der Waals surface area (Å²) in [5.74, 6) is 0. The van der Waals surface area contributed by atoms with E-state index in [-0.39, 0.29) is 10.6 Å². The molecule has 6 nitrogen and oxygen atoms in total. The minimum Gasteiger partial charge on any atom is -0.299 e. The van der Waals surface area contributed by atoms with Crippen LogP contribution in [0.2, 0.25) is 0 Å². The molecule has 4 rings (SSSR count). The van der Waals surface area contributed by atoms with E-state index in [1.54, 1.807) is 12.3 Å². The second-order valence-corrected chi connectivity index (χ2v) is 7.14. The molecule has 2 aromatic carbocycles. The molecule has 0 amide bonds. The number of aromatic nitrogens is 2. The molecule has 1 saturated heterocycles. The van der Waals surface area contributed by atoms with Crippen molar-refractivity contribution in [1.82, 2.24) is 14.1 Å². The Morgan fingerprint density at radius 2 is 1.77 bits per heavy atom. The molecule has 162 valence electrons. The van der Waals surface area contributed by atoms with Gasteiger partial charge in [-0.2, -0.15) is 5.10 Å². The molecule has 0 atom stereocenters. The van der Waals surface area contributed by atoms with Crippen molar-refractivity contribution in [3.63, 3.8) is 0 Å². The zero-order valence-corrected chi connectivity index (χ0v) is 19.2. The van der Waals surface area contributed by atoms with Gasteiger partial charge in [-0.1, -0.05) is 52.3 Å². The van der Waals surface area contributed by atoms with Crippen LogP contribution in [-0.2, 0) is 6.54 Å². The number of fused-ring (bicyclic) bond motifs is 1. The highest BCUT2D eigenvalue weighted by atomic mass is 32.1. The maximum absolute atomic E-state index is 11.6. The number of thiol groups is 1. The Bertz CT molecular complexity index is 965. The SMILES string of the molecule is CC.CC.O=[N+]([O-])c1cc2c(cnn2S)cc1-c1cccc(CN2CCCCC2)c1. The number of nitro groups is 1. The number of benzene rings is 2. The van der Waals surface area contributed by atoms with Crippen molar-refractivity contribution < 1.29 is 4.92 Å². The Morgan fingerprint density at radius 1 is 1.07 bits per heavy atom.